The first-order valence-electron chi connectivity index (χ1n) is 5.61. The number of carbonyl (C=O) groups is 1. The molecule has 0 radical (unpaired) electrons. The molecule has 0 bridgehead atoms. The molecule has 100 valence electrons. The maximum atomic E-state index is 10.9. The number of carboxylic acids is 1. The zero-order valence-electron chi connectivity index (χ0n) is 10.7. The molecule has 1 rings (SSSR count). The molecule has 1 aromatic carbocycles. The van der Waals surface area contributed by atoms with Gasteiger partial charge in [0.15, 0.2) is 0 Å². The highest BCUT2D eigenvalue weighted by Gasteiger charge is 2.23. The van der Waals surface area contributed by atoms with Crippen molar-refractivity contribution in [2.75, 3.05) is 6.54 Å². The monoisotopic (exact) mass is 333 g/mol. The Morgan fingerprint density at radius 1 is 1.44 bits per heavy atom. The Hall–Kier alpha value is -0.580. The van der Waals surface area contributed by atoms with Crippen LogP contribution in [-0.2, 0) is 11.3 Å². The molecular weight excluding hydrogens is 318 g/mol. The average molecular weight is 335 g/mol. The molecule has 1 N–H and O–H groups in total. The first-order valence-corrected chi connectivity index (χ1v) is 6.78. The van der Waals surface area contributed by atoms with E-state index in [0.29, 0.717) is 11.6 Å². The lowest BCUT2D eigenvalue weighted by Crippen LogP contribution is -2.43. The summed E-state index contributed by atoms with van der Waals surface area (Å²) in [6.45, 7) is 6.56. The molecule has 0 aliphatic heterocycles. The van der Waals surface area contributed by atoms with Gasteiger partial charge in [-0.3, -0.25) is 9.69 Å². The number of hydrogen-bond acceptors (Lipinski definition) is 2. The summed E-state index contributed by atoms with van der Waals surface area (Å²) in [5, 5.41) is 9.58. The van der Waals surface area contributed by atoms with Crippen molar-refractivity contribution in [3.63, 3.8) is 0 Å². The zero-order chi connectivity index (χ0) is 13.9. The maximum Gasteiger partial charge on any atom is 0.317 e. The van der Waals surface area contributed by atoms with Crippen LogP contribution in [0.3, 0.4) is 0 Å². The number of aliphatic carboxylic acids is 1. The third-order valence-electron chi connectivity index (χ3n) is 2.63. The Morgan fingerprint density at radius 2 is 2.06 bits per heavy atom. The third kappa shape index (κ3) is 4.59. The molecule has 0 aliphatic carbocycles. The molecule has 0 atom stereocenters. The number of carboxylic acid groups (broad SMARTS) is 1. The molecular formula is C13H17BrClNO2. The van der Waals surface area contributed by atoms with Gasteiger partial charge in [0.1, 0.15) is 0 Å². The van der Waals surface area contributed by atoms with E-state index in [4.69, 9.17) is 16.7 Å². The van der Waals surface area contributed by atoms with E-state index in [-0.39, 0.29) is 12.1 Å². The van der Waals surface area contributed by atoms with E-state index in [9.17, 15) is 4.79 Å². The highest BCUT2D eigenvalue weighted by Crippen LogP contribution is 2.25. The van der Waals surface area contributed by atoms with Gasteiger partial charge in [-0.05, 0) is 54.4 Å². The van der Waals surface area contributed by atoms with Crippen LogP contribution in [0.5, 0.6) is 0 Å². The van der Waals surface area contributed by atoms with E-state index < -0.39 is 5.97 Å². The van der Waals surface area contributed by atoms with Gasteiger partial charge in [-0.1, -0.05) is 17.7 Å². The van der Waals surface area contributed by atoms with Crippen molar-refractivity contribution in [1.29, 1.82) is 0 Å². The molecule has 0 heterocycles. The quantitative estimate of drug-likeness (QED) is 0.911. The predicted octanol–water partition coefficient (Wildman–Crippen LogP) is 3.79. The molecule has 0 fully saturated rings. The minimum absolute atomic E-state index is 0.0111. The second kappa shape index (κ2) is 6.04. The standard InChI is InChI=1S/C13H17BrClNO2/c1-13(2,3)16(8-12(17)18)7-9-4-5-10(14)11(15)6-9/h4-6H,7-8H2,1-3H3,(H,17,18). The van der Waals surface area contributed by atoms with Crippen molar-refractivity contribution in [2.45, 2.75) is 32.9 Å². The van der Waals surface area contributed by atoms with Crippen molar-refractivity contribution in [3.8, 4) is 0 Å². The van der Waals surface area contributed by atoms with Crippen molar-refractivity contribution < 1.29 is 9.90 Å². The number of rotatable bonds is 4. The molecule has 0 saturated heterocycles. The molecule has 0 aliphatic rings. The Labute approximate surface area is 121 Å². The normalized spacial score (nSPS) is 11.9. The Balaban J connectivity index is 2.89. The Morgan fingerprint density at radius 3 is 2.50 bits per heavy atom. The third-order valence-corrected chi connectivity index (χ3v) is 3.86. The molecule has 0 unspecified atom stereocenters. The summed E-state index contributed by atoms with van der Waals surface area (Å²) in [4.78, 5) is 12.8. The first-order chi connectivity index (χ1) is 8.20. The van der Waals surface area contributed by atoms with E-state index >= 15 is 0 Å². The average Bonchev–Trinajstić information content (AvgIpc) is 2.20. The van der Waals surface area contributed by atoms with Crippen LogP contribution in [0.4, 0.5) is 0 Å². The minimum atomic E-state index is -0.826. The van der Waals surface area contributed by atoms with E-state index in [2.05, 4.69) is 15.9 Å². The van der Waals surface area contributed by atoms with E-state index in [0.717, 1.165) is 10.0 Å². The predicted molar refractivity (Wildman–Crippen MR) is 77.0 cm³/mol. The van der Waals surface area contributed by atoms with Crippen molar-refractivity contribution in [1.82, 2.24) is 4.90 Å². The minimum Gasteiger partial charge on any atom is -0.480 e. The highest BCUT2D eigenvalue weighted by atomic mass is 79.9. The Kier molecular flexibility index (Phi) is 5.20. The summed E-state index contributed by atoms with van der Waals surface area (Å²) in [7, 11) is 0. The molecule has 0 spiro atoms. The van der Waals surface area contributed by atoms with Crippen LogP contribution in [0.2, 0.25) is 5.02 Å². The fourth-order valence-corrected chi connectivity index (χ4v) is 2.00. The summed E-state index contributed by atoms with van der Waals surface area (Å²) in [6, 6.07) is 5.67. The van der Waals surface area contributed by atoms with Crippen LogP contribution in [0.1, 0.15) is 26.3 Å². The van der Waals surface area contributed by atoms with Crippen LogP contribution in [0, 0.1) is 0 Å². The van der Waals surface area contributed by atoms with E-state index in [1.807, 2.05) is 43.9 Å². The largest absolute Gasteiger partial charge is 0.480 e. The number of nitrogens with zero attached hydrogens (tertiary/aromatic N) is 1. The van der Waals surface area contributed by atoms with Gasteiger partial charge >= 0.3 is 5.97 Å². The van der Waals surface area contributed by atoms with Crippen molar-refractivity contribution in [2.24, 2.45) is 0 Å². The van der Waals surface area contributed by atoms with Crippen molar-refractivity contribution >= 4 is 33.5 Å². The second-order valence-electron chi connectivity index (χ2n) is 5.17. The van der Waals surface area contributed by atoms with Crippen LogP contribution >= 0.6 is 27.5 Å². The number of halogens is 2. The molecule has 0 aromatic heterocycles. The first kappa shape index (κ1) is 15.5. The van der Waals surface area contributed by atoms with Gasteiger partial charge < -0.3 is 5.11 Å². The van der Waals surface area contributed by atoms with Crippen LogP contribution in [-0.4, -0.2) is 28.1 Å². The van der Waals surface area contributed by atoms with Crippen LogP contribution < -0.4 is 0 Å². The van der Waals surface area contributed by atoms with Gasteiger partial charge in [0.25, 0.3) is 0 Å². The molecule has 0 amide bonds. The van der Waals surface area contributed by atoms with Gasteiger partial charge in [0.2, 0.25) is 0 Å². The molecule has 5 heteroatoms. The topological polar surface area (TPSA) is 40.5 Å². The van der Waals surface area contributed by atoms with E-state index in [1.54, 1.807) is 0 Å². The lowest BCUT2D eigenvalue weighted by Gasteiger charge is -2.34. The highest BCUT2D eigenvalue weighted by molar-refractivity contribution is 9.10. The second-order valence-corrected chi connectivity index (χ2v) is 6.43. The van der Waals surface area contributed by atoms with E-state index in [1.165, 1.54) is 0 Å². The van der Waals surface area contributed by atoms with Gasteiger partial charge in [0, 0.05) is 16.6 Å². The van der Waals surface area contributed by atoms with Gasteiger partial charge in [-0.15, -0.1) is 0 Å². The lowest BCUT2D eigenvalue weighted by molar-refractivity contribution is -0.139. The summed E-state index contributed by atoms with van der Waals surface area (Å²) >= 11 is 9.37. The summed E-state index contributed by atoms with van der Waals surface area (Å²) in [6.07, 6.45) is 0. The molecule has 3 nitrogen and oxygen atoms in total. The number of hydrogen-bond donors (Lipinski definition) is 1. The number of benzene rings is 1. The SMILES string of the molecule is CC(C)(C)N(CC(=O)O)Cc1ccc(Br)c(Cl)c1. The summed E-state index contributed by atoms with van der Waals surface area (Å²) in [5.74, 6) is -0.826. The molecule has 1 aromatic rings. The molecule has 18 heavy (non-hydrogen) atoms. The summed E-state index contributed by atoms with van der Waals surface area (Å²) in [5.41, 5.74) is 0.789. The van der Waals surface area contributed by atoms with Crippen LogP contribution in [0.15, 0.2) is 22.7 Å². The fourth-order valence-electron chi connectivity index (χ4n) is 1.55. The smallest absolute Gasteiger partial charge is 0.317 e. The zero-order valence-corrected chi connectivity index (χ0v) is 13.0. The Bertz CT molecular complexity index is 443. The lowest BCUT2D eigenvalue weighted by atomic mass is 10.0. The summed E-state index contributed by atoms with van der Waals surface area (Å²) < 4.78 is 0.841. The molecule has 0 saturated carbocycles. The van der Waals surface area contributed by atoms with Crippen molar-refractivity contribution in [3.05, 3.63) is 33.3 Å². The maximum absolute atomic E-state index is 10.9. The van der Waals surface area contributed by atoms with Gasteiger partial charge in [0.05, 0.1) is 11.6 Å². The van der Waals surface area contributed by atoms with Gasteiger partial charge in [-0.2, -0.15) is 0 Å². The fraction of sp³-hybridized carbons (Fsp3) is 0.462. The van der Waals surface area contributed by atoms with Gasteiger partial charge in [-0.25, -0.2) is 0 Å². The van der Waals surface area contributed by atoms with Crippen LogP contribution in [0.25, 0.3) is 0 Å².